The van der Waals surface area contributed by atoms with Gasteiger partial charge in [-0.25, -0.2) is 9.97 Å². The summed E-state index contributed by atoms with van der Waals surface area (Å²) >= 11 is 0. The van der Waals surface area contributed by atoms with E-state index in [1.54, 1.807) is 0 Å². The highest BCUT2D eigenvalue weighted by atomic mass is 16.5. The molecule has 2 unspecified atom stereocenters. The number of aryl methyl sites for hydroxylation is 1. The minimum atomic E-state index is 0.374. The molecule has 0 aliphatic heterocycles. The second kappa shape index (κ2) is 13.9. The van der Waals surface area contributed by atoms with Crippen molar-refractivity contribution in [2.45, 2.75) is 111 Å². The van der Waals surface area contributed by atoms with Crippen LogP contribution >= 0.6 is 0 Å². The first-order valence-electron chi connectivity index (χ1n) is 15.4. The number of ether oxygens (including phenoxy) is 1. The van der Waals surface area contributed by atoms with E-state index in [9.17, 15) is 0 Å². The van der Waals surface area contributed by atoms with E-state index in [1.807, 2.05) is 17.1 Å². The summed E-state index contributed by atoms with van der Waals surface area (Å²) in [5, 5.41) is 4.56. The molecule has 0 saturated heterocycles. The Morgan fingerprint density at radius 2 is 1.73 bits per heavy atom. The molecule has 2 fully saturated rings. The van der Waals surface area contributed by atoms with Crippen molar-refractivity contribution in [3.63, 3.8) is 0 Å². The van der Waals surface area contributed by atoms with Gasteiger partial charge >= 0.3 is 0 Å². The summed E-state index contributed by atoms with van der Waals surface area (Å²) in [7, 11) is 2.06. The Balaban J connectivity index is 1.23. The van der Waals surface area contributed by atoms with Gasteiger partial charge in [-0.1, -0.05) is 59.3 Å². The van der Waals surface area contributed by atoms with E-state index in [0.29, 0.717) is 11.8 Å². The molecule has 5 heteroatoms. The first kappa shape index (κ1) is 28.3. The van der Waals surface area contributed by atoms with Crippen molar-refractivity contribution in [3.05, 3.63) is 30.0 Å². The third-order valence-corrected chi connectivity index (χ3v) is 9.38. The molecule has 2 aromatic heterocycles. The van der Waals surface area contributed by atoms with Crippen molar-refractivity contribution in [3.8, 4) is 11.3 Å². The first-order chi connectivity index (χ1) is 17.9. The molecule has 2 aliphatic rings. The van der Waals surface area contributed by atoms with E-state index in [1.165, 1.54) is 81.9 Å². The summed E-state index contributed by atoms with van der Waals surface area (Å²) in [5.74, 6) is 5.45. The predicted molar refractivity (Wildman–Crippen MR) is 152 cm³/mol. The molecule has 0 amide bonds. The smallest absolute Gasteiger partial charge is 0.132 e. The van der Waals surface area contributed by atoms with Gasteiger partial charge in [0.05, 0.1) is 11.9 Å². The van der Waals surface area contributed by atoms with Gasteiger partial charge in [-0.15, -0.1) is 0 Å². The van der Waals surface area contributed by atoms with Crippen molar-refractivity contribution in [2.24, 2.45) is 36.6 Å². The highest BCUT2D eigenvalue weighted by molar-refractivity contribution is 5.61. The average molecular weight is 509 g/mol. The third-order valence-electron chi connectivity index (χ3n) is 9.38. The maximum atomic E-state index is 5.50. The molecule has 0 radical (unpaired) electrons. The summed E-state index contributed by atoms with van der Waals surface area (Å²) in [6.07, 6.45) is 20.1. The van der Waals surface area contributed by atoms with Crippen LogP contribution in [0.5, 0.6) is 0 Å². The SMILES string of the molecule is CCOCCCC(C)CC[C@H]1CC[C@H](C[C@@H](C)C(C)c2nccc(-c3cnn(C)c3CC3CC3)n2)CC1. The Kier molecular flexibility index (Phi) is 10.6. The maximum absolute atomic E-state index is 5.50. The van der Waals surface area contributed by atoms with E-state index in [0.717, 1.165) is 54.8 Å². The second-order valence-electron chi connectivity index (χ2n) is 12.5. The highest BCUT2D eigenvalue weighted by Crippen LogP contribution is 2.39. The number of nitrogens with zero attached hydrogens (tertiary/aromatic N) is 4. The molecule has 0 aromatic carbocycles. The van der Waals surface area contributed by atoms with Crippen LogP contribution in [0.1, 0.15) is 116 Å². The van der Waals surface area contributed by atoms with Gasteiger partial charge in [0.15, 0.2) is 0 Å². The number of rotatable bonds is 15. The van der Waals surface area contributed by atoms with Crippen LogP contribution in [0.4, 0.5) is 0 Å². The van der Waals surface area contributed by atoms with Crippen molar-refractivity contribution in [1.29, 1.82) is 0 Å². The zero-order valence-corrected chi connectivity index (χ0v) is 24.3. The largest absolute Gasteiger partial charge is 0.382 e. The lowest BCUT2D eigenvalue weighted by Crippen LogP contribution is -2.20. The van der Waals surface area contributed by atoms with Gasteiger partial charge in [0, 0.05) is 43.6 Å². The van der Waals surface area contributed by atoms with E-state index in [2.05, 4.69) is 45.9 Å². The molecule has 3 atom stereocenters. The van der Waals surface area contributed by atoms with Crippen LogP contribution in [-0.4, -0.2) is 33.0 Å². The molecule has 0 spiro atoms. The standard InChI is InChI=1S/C32H52N4O/c1-6-37-19-7-8-23(2)9-10-26-11-13-27(14-12-26)20-24(3)25(4)32-33-18-17-30(35-32)29-22-34-36(5)31(29)21-28-15-16-28/h17-18,22-28H,6-16,19-21H2,1-5H3/t23?,24-,25?,26-,27-/m1/s1. The van der Waals surface area contributed by atoms with Gasteiger partial charge in [-0.05, 0) is 81.1 Å². The van der Waals surface area contributed by atoms with Gasteiger partial charge in [0.1, 0.15) is 5.82 Å². The molecule has 37 heavy (non-hydrogen) atoms. The second-order valence-corrected chi connectivity index (χ2v) is 12.5. The quantitative estimate of drug-likeness (QED) is 0.229. The summed E-state index contributed by atoms with van der Waals surface area (Å²) in [4.78, 5) is 9.80. The van der Waals surface area contributed by atoms with Crippen LogP contribution in [-0.2, 0) is 18.2 Å². The molecule has 2 aliphatic carbocycles. The Morgan fingerprint density at radius 1 is 1.00 bits per heavy atom. The lowest BCUT2D eigenvalue weighted by atomic mass is 9.74. The average Bonchev–Trinajstić information content (AvgIpc) is 3.66. The van der Waals surface area contributed by atoms with Crippen LogP contribution in [0.3, 0.4) is 0 Å². The Morgan fingerprint density at radius 3 is 2.46 bits per heavy atom. The zero-order valence-electron chi connectivity index (χ0n) is 24.3. The van der Waals surface area contributed by atoms with Crippen LogP contribution in [0, 0.1) is 29.6 Å². The monoisotopic (exact) mass is 508 g/mol. The van der Waals surface area contributed by atoms with Crippen molar-refractivity contribution < 1.29 is 4.74 Å². The van der Waals surface area contributed by atoms with Crippen LogP contribution < -0.4 is 0 Å². The molecule has 2 heterocycles. The van der Waals surface area contributed by atoms with Crippen molar-refractivity contribution >= 4 is 0 Å². The Hall–Kier alpha value is -1.75. The minimum Gasteiger partial charge on any atom is -0.382 e. The fourth-order valence-corrected chi connectivity index (χ4v) is 6.34. The Labute approximate surface area is 226 Å². The fraction of sp³-hybridized carbons (Fsp3) is 0.781. The minimum absolute atomic E-state index is 0.374. The van der Waals surface area contributed by atoms with E-state index >= 15 is 0 Å². The molecule has 2 saturated carbocycles. The number of hydrogen-bond donors (Lipinski definition) is 0. The molecule has 0 bridgehead atoms. The van der Waals surface area contributed by atoms with E-state index in [-0.39, 0.29) is 0 Å². The third kappa shape index (κ3) is 8.37. The fourth-order valence-electron chi connectivity index (χ4n) is 6.34. The lowest BCUT2D eigenvalue weighted by Gasteiger charge is -2.32. The number of aromatic nitrogens is 4. The van der Waals surface area contributed by atoms with Crippen molar-refractivity contribution in [1.82, 2.24) is 19.7 Å². The van der Waals surface area contributed by atoms with Gasteiger partial charge in [-0.3, -0.25) is 4.68 Å². The summed E-state index contributed by atoms with van der Waals surface area (Å²) in [6, 6.07) is 2.06. The van der Waals surface area contributed by atoms with Gasteiger partial charge in [0.2, 0.25) is 0 Å². The van der Waals surface area contributed by atoms with Gasteiger partial charge in [-0.2, -0.15) is 5.10 Å². The molecule has 0 N–H and O–H groups in total. The van der Waals surface area contributed by atoms with Crippen LogP contribution in [0.15, 0.2) is 18.5 Å². The topological polar surface area (TPSA) is 52.8 Å². The summed E-state index contributed by atoms with van der Waals surface area (Å²) in [6.45, 7) is 11.0. The molecular weight excluding hydrogens is 456 g/mol. The predicted octanol–water partition coefficient (Wildman–Crippen LogP) is 8.00. The van der Waals surface area contributed by atoms with Gasteiger partial charge in [0.25, 0.3) is 0 Å². The maximum Gasteiger partial charge on any atom is 0.132 e. The first-order valence-corrected chi connectivity index (χ1v) is 15.4. The molecule has 2 aromatic rings. The zero-order chi connectivity index (χ0) is 26.2. The summed E-state index contributed by atoms with van der Waals surface area (Å²) < 4.78 is 7.54. The Bertz CT molecular complexity index is 944. The molecule has 206 valence electrons. The lowest BCUT2D eigenvalue weighted by molar-refractivity contribution is 0.138. The van der Waals surface area contributed by atoms with Crippen LogP contribution in [0.2, 0.25) is 0 Å². The van der Waals surface area contributed by atoms with Crippen LogP contribution in [0.25, 0.3) is 11.3 Å². The van der Waals surface area contributed by atoms with E-state index in [4.69, 9.17) is 14.7 Å². The van der Waals surface area contributed by atoms with Gasteiger partial charge < -0.3 is 4.74 Å². The highest BCUT2D eigenvalue weighted by Gasteiger charge is 2.28. The number of hydrogen-bond acceptors (Lipinski definition) is 4. The molecular formula is C32H52N4O. The summed E-state index contributed by atoms with van der Waals surface area (Å²) in [5.41, 5.74) is 3.56. The molecule has 5 nitrogen and oxygen atoms in total. The van der Waals surface area contributed by atoms with E-state index < -0.39 is 0 Å². The molecule has 4 rings (SSSR count). The normalized spacial score (nSPS) is 22.6. The van der Waals surface area contributed by atoms with Crippen molar-refractivity contribution in [2.75, 3.05) is 13.2 Å².